The number of benzene rings is 1. The van der Waals surface area contributed by atoms with Gasteiger partial charge in [-0.25, -0.2) is 0 Å². The standard InChI is InChI=1S/C18H26N2S/c1-3-19-12-10-16-7-4-5-8-17(16)15-20(2)13-11-18-9-6-14-21-18/h4-9,14,19H,3,10-13,15H2,1-2H3. The molecule has 0 atom stereocenters. The first kappa shape index (κ1) is 16.2. The molecule has 2 rings (SSSR count). The van der Waals surface area contributed by atoms with Crippen molar-refractivity contribution in [3.05, 3.63) is 57.8 Å². The SMILES string of the molecule is CCNCCc1ccccc1CN(C)CCc1cccs1. The van der Waals surface area contributed by atoms with Crippen LogP contribution in [-0.2, 0) is 19.4 Å². The third-order valence-electron chi connectivity index (χ3n) is 3.70. The number of hydrogen-bond acceptors (Lipinski definition) is 3. The van der Waals surface area contributed by atoms with Crippen LogP contribution in [-0.4, -0.2) is 31.6 Å². The first-order valence-corrected chi connectivity index (χ1v) is 8.66. The zero-order valence-corrected chi connectivity index (χ0v) is 14.0. The monoisotopic (exact) mass is 302 g/mol. The van der Waals surface area contributed by atoms with E-state index in [1.54, 1.807) is 0 Å². The Hall–Kier alpha value is -1.16. The second kappa shape index (κ2) is 8.98. The number of likely N-dealkylation sites (N-methyl/N-ethyl adjacent to an activating group) is 2. The summed E-state index contributed by atoms with van der Waals surface area (Å²) in [4.78, 5) is 3.90. The Morgan fingerprint density at radius 2 is 1.86 bits per heavy atom. The second-order valence-electron chi connectivity index (χ2n) is 5.44. The van der Waals surface area contributed by atoms with Crippen LogP contribution < -0.4 is 5.32 Å². The molecule has 1 heterocycles. The normalized spacial score (nSPS) is 11.2. The van der Waals surface area contributed by atoms with Gasteiger partial charge in [0, 0.05) is 18.0 Å². The largest absolute Gasteiger partial charge is 0.317 e. The zero-order chi connectivity index (χ0) is 14.9. The molecule has 1 aromatic carbocycles. The van der Waals surface area contributed by atoms with Gasteiger partial charge in [0.15, 0.2) is 0 Å². The fourth-order valence-corrected chi connectivity index (χ4v) is 3.18. The Morgan fingerprint density at radius 1 is 1.05 bits per heavy atom. The molecule has 0 bridgehead atoms. The van der Waals surface area contributed by atoms with E-state index in [-0.39, 0.29) is 0 Å². The average molecular weight is 302 g/mol. The highest BCUT2D eigenvalue weighted by Crippen LogP contribution is 2.13. The first-order chi connectivity index (χ1) is 10.3. The van der Waals surface area contributed by atoms with E-state index in [1.165, 1.54) is 16.0 Å². The minimum Gasteiger partial charge on any atom is -0.317 e. The molecule has 3 heteroatoms. The van der Waals surface area contributed by atoms with Gasteiger partial charge < -0.3 is 10.2 Å². The van der Waals surface area contributed by atoms with Gasteiger partial charge >= 0.3 is 0 Å². The molecule has 2 aromatic rings. The van der Waals surface area contributed by atoms with Crippen LogP contribution in [0.15, 0.2) is 41.8 Å². The summed E-state index contributed by atoms with van der Waals surface area (Å²) in [6.45, 7) is 6.41. The van der Waals surface area contributed by atoms with E-state index in [4.69, 9.17) is 0 Å². The topological polar surface area (TPSA) is 15.3 Å². The smallest absolute Gasteiger partial charge is 0.0233 e. The number of rotatable bonds is 9. The lowest BCUT2D eigenvalue weighted by molar-refractivity contribution is 0.331. The Kier molecular flexibility index (Phi) is 6.93. The number of nitrogens with one attached hydrogen (secondary N) is 1. The number of hydrogen-bond donors (Lipinski definition) is 1. The lowest BCUT2D eigenvalue weighted by Crippen LogP contribution is -2.22. The second-order valence-corrected chi connectivity index (χ2v) is 6.47. The summed E-state index contributed by atoms with van der Waals surface area (Å²) in [6, 6.07) is 13.2. The van der Waals surface area contributed by atoms with Crippen molar-refractivity contribution in [1.29, 1.82) is 0 Å². The molecule has 0 saturated carbocycles. The van der Waals surface area contributed by atoms with Crippen molar-refractivity contribution in [2.45, 2.75) is 26.3 Å². The molecule has 0 amide bonds. The fraction of sp³-hybridized carbons (Fsp3) is 0.444. The van der Waals surface area contributed by atoms with Gasteiger partial charge in [-0.05, 0) is 55.6 Å². The van der Waals surface area contributed by atoms with Crippen LogP contribution in [0.2, 0.25) is 0 Å². The Balaban J connectivity index is 1.85. The van der Waals surface area contributed by atoms with Crippen LogP contribution in [0.1, 0.15) is 22.9 Å². The molecular weight excluding hydrogens is 276 g/mol. The van der Waals surface area contributed by atoms with E-state index in [1.807, 2.05) is 11.3 Å². The van der Waals surface area contributed by atoms with Crippen molar-refractivity contribution in [2.75, 3.05) is 26.7 Å². The molecule has 0 saturated heterocycles. The van der Waals surface area contributed by atoms with Gasteiger partial charge in [0.2, 0.25) is 0 Å². The van der Waals surface area contributed by atoms with Gasteiger partial charge in [-0.2, -0.15) is 0 Å². The van der Waals surface area contributed by atoms with Gasteiger partial charge in [-0.3, -0.25) is 0 Å². The van der Waals surface area contributed by atoms with Gasteiger partial charge in [0.05, 0.1) is 0 Å². The molecule has 0 aliphatic carbocycles. The third kappa shape index (κ3) is 5.62. The van der Waals surface area contributed by atoms with Crippen molar-refractivity contribution in [1.82, 2.24) is 10.2 Å². The highest BCUT2D eigenvalue weighted by atomic mass is 32.1. The maximum atomic E-state index is 3.41. The summed E-state index contributed by atoms with van der Waals surface area (Å²) in [5, 5.41) is 5.57. The van der Waals surface area contributed by atoms with Crippen LogP contribution in [0.4, 0.5) is 0 Å². The summed E-state index contributed by atoms with van der Waals surface area (Å²) in [6.07, 6.45) is 2.26. The fourth-order valence-electron chi connectivity index (χ4n) is 2.48. The van der Waals surface area contributed by atoms with E-state index in [0.717, 1.165) is 39.0 Å². The van der Waals surface area contributed by atoms with Crippen LogP contribution >= 0.6 is 11.3 Å². The van der Waals surface area contributed by atoms with Crippen LogP contribution in [0.5, 0.6) is 0 Å². The highest BCUT2D eigenvalue weighted by molar-refractivity contribution is 7.09. The molecule has 0 aliphatic heterocycles. The molecule has 21 heavy (non-hydrogen) atoms. The molecule has 114 valence electrons. The molecule has 2 nitrogen and oxygen atoms in total. The van der Waals surface area contributed by atoms with Crippen LogP contribution in [0, 0.1) is 0 Å². The minimum absolute atomic E-state index is 1.04. The molecule has 0 radical (unpaired) electrons. The molecule has 0 spiro atoms. The Labute approximate surface area is 132 Å². The molecule has 0 aliphatic rings. The Morgan fingerprint density at radius 3 is 2.57 bits per heavy atom. The van der Waals surface area contributed by atoms with Crippen molar-refractivity contribution >= 4 is 11.3 Å². The predicted molar refractivity (Wildman–Crippen MR) is 93.0 cm³/mol. The van der Waals surface area contributed by atoms with Crippen LogP contribution in [0.3, 0.4) is 0 Å². The van der Waals surface area contributed by atoms with E-state index in [9.17, 15) is 0 Å². The minimum atomic E-state index is 1.04. The lowest BCUT2D eigenvalue weighted by atomic mass is 10.0. The van der Waals surface area contributed by atoms with Gasteiger partial charge in [0.25, 0.3) is 0 Å². The van der Waals surface area contributed by atoms with E-state index >= 15 is 0 Å². The molecule has 1 aromatic heterocycles. The number of nitrogens with zero attached hydrogens (tertiary/aromatic N) is 1. The predicted octanol–water partition coefficient (Wildman–Crippen LogP) is 3.57. The number of thiophene rings is 1. The van der Waals surface area contributed by atoms with Crippen molar-refractivity contribution in [3.63, 3.8) is 0 Å². The van der Waals surface area contributed by atoms with Crippen molar-refractivity contribution in [3.8, 4) is 0 Å². The van der Waals surface area contributed by atoms with Crippen LogP contribution in [0.25, 0.3) is 0 Å². The van der Waals surface area contributed by atoms with Crippen molar-refractivity contribution in [2.24, 2.45) is 0 Å². The van der Waals surface area contributed by atoms with E-state index < -0.39 is 0 Å². The summed E-state index contributed by atoms with van der Waals surface area (Å²) < 4.78 is 0. The first-order valence-electron chi connectivity index (χ1n) is 7.78. The summed E-state index contributed by atoms with van der Waals surface area (Å²) >= 11 is 1.85. The van der Waals surface area contributed by atoms with E-state index in [0.29, 0.717) is 0 Å². The van der Waals surface area contributed by atoms with E-state index in [2.05, 4.69) is 66.0 Å². The van der Waals surface area contributed by atoms with Gasteiger partial charge in [0.1, 0.15) is 0 Å². The lowest BCUT2D eigenvalue weighted by Gasteiger charge is -2.18. The van der Waals surface area contributed by atoms with Gasteiger partial charge in [-0.15, -0.1) is 11.3 Å². The summed E-state index contributed by atoms with van der Waals surface area (Å²) in [5.74, 6) is 0. The molecule has 1 N–H and O–H groups in total. The molecule has 0 unspecified atom stereocenters. The maximum absolute atomic E-state index is 3.41. The quantitative estimate of drug-likeness (QED) is 0.712. The van der Waals surface area contributed by atoms with Gasteiger partial charge in [-0.1, -0.05) is 37.3 Å². The summed E-state index contributed by atoms with van der Waals surface area (Å²) in [7, 11) is 2.22. The average Bonchev–Trinajstić information content (AvgIpc) is 3.00. The third-order valence-corrected chi connectivity index (χ3v) is 4.64. The molecule has 0 fully saturated rings. The summed E-state index contributed by atoms with van der Waals surface area (Å²) in [5.41, 5.74) is 2.94. The zero-order valence-electron chi connectivity index (χ0n) is 13.1. The Bertz CT molecular complexity index is 508. The molecular formula is C18H26N2S. The highest BCUT2D eigenvalue weighted by Gasteiger charge is 2.06. The maximum Gasteiger partial charge on any atom is 0.0233 e. The van der Waals surface area contributed by atoms with Crippen molar-refractivity contribution < 1.29 is 0 Å².